The van der Waals surface area contributed by atoms with Gasteiger partial charge in [-0.25, -0.2) is 0 Å². The predicted molar refractivity (Wildman–Crippen MR) is 82.2 cm³/mol. The molecule has 102 valence electrons. The lowest BCUT2D eigenvalue weighted by Gasteiger charge is -2.18. The summed E-state index contributed by atoms with van der Waals surface area (Å²) in [5.41, 5.74) is 2.66. The molecule has 0 bridgehead atoms. The van der Waals surface area contributed by atoms with Crippen molar-refractivity contribution in [3.05, 3.63) is 51.7 Å². The number of hydrogen-bond donors (Lipinski definition) is 1. The number of nitrogens with one attached hydrogen (secondary N) is 1. The number of rotatable bonds is 6. The average molecular weight is 275 g/mol. The summed E-state index contributed by atoms with van der Waals surface area (Å²) >= 11 is 1.74. The number of thiophene rings is 1. The van der Waals surface area contributed by atoms with E-state index >= 15 is 0 Å². The van der Waals surface area contributed by atoms with Gasteiger partial charge in [-0.3, -0.25) is 0 Å². The van der Waals surface area contributed by atoms with Crippen molar-refractivity contribution in [1.29, 1.82) is 0 Å². The van der Waals surface area contributed by atoms with Crippen LogP contribution in [0.3, 0.4) is 0 Å². The van der Waals surface area contributed by atoms with Crippen LogP contribution in [0.4, 0.5) is 0 Å². The van der Waals surface area contributed by atoms with E-state index in [1.54, 1.807) is 18.4 Å². The molecule has 1 aromatic carbocycles. The maximum Gasteiger partial charge on any atom is 0.134 e. The third kappa shape index (κ3) is 3.17. The Morgan fingerprint density at radius 3 is 2.47 bits per heavy atom. The highest BCUT2D eigenvalue weighted by Gasteiger charge is 2.18. The Hall–Kier alpha value is -1.32. The summed E-state index contributed by atoms with van der Waals surface area (Å²) in [4.78, 5) is 1.24. The minimum absolute atomic E-state index is 0.214. The van der Waals surface area contributed by atoms with Crippen LogP contribution in [0.2, 0.25) is 0 Å². The highest BCUT2D eigenvalue weighted by atomic mass is 32.1. The Kier molecular flexibility index (Phi) is 5.00. The van der Waals surface area contributed by atoms with E-state index in [0.717, 1.165) is 18.7 Å². The van der Waals surface area contributed by atoms with Crippen molar-refractivity contribution < 1.29 is 4.74 Å². The second kappa shape index (κ2) is 6.73. The minimum Gasteiger partial charge on any atom is -0.496 e. The summed E-state index contributed by atoms with van der Waals surface area (Å²) in [6.07, 6.45) is 1.08. The van der Waals surface area contributed by atoms with Gasteiger partial charge in [0.25, 0.3) is 0 Å². The maximum absolute atomic E-state index is 5.45. The molecule has 0 amide bonds. The van der Waals surface area contributed by atoms with Crippen molar-refractivity contribution in [2.24, 2.45) is 0 Å². The zero-order chi connectivity index (χ0) is 13.7. The number of methoxy groups -OCH3 is 1. The smallest absolute Gasteiger partial charge is 0.134 e. The normalized spacial score (nSPS) is 12.4. The molecule has 1 heterocycles. The van der Waals surface area contributed by atoms with E-state index in [2.05, 4.69) is 48.8 Å². The molecule has 1 unspecified atom stereocenters. The number of aryl methyl sites for hydroxylation is 1. The quantitative estimate of drug-likeness (QED) is 0.860. The largest absolute Gasteiger partial charge is 0.496 e. The van der Waals surface area contributed by atoms with Gasteiger partial charge < -0.3 is 10.1 Å². The first-order valence-electron chi connectivity index (χ1n) is 6.73. The summed E-state index contributed by atoms with van der Waals surface area (Å²) in [6, 6.07) is 11.1. The first kappa shape index (κ1) is 14.1. The van der Waals surface area contributed by atoms with Gasteiger partial charge in [-0.2, -0.15) is 0 Å². The SMILES string of the molecule is CCNC(c1ccc(CC)cc1)c1sccc1OC. The Bertz CT molecular complexity index is 504. The van der Waals surface area contributed by atoms with Gasteiger partial charge in [0.2, 0.25) is 0 Å². The molecule has 0 saturated carbocycles. The monoisotopic (exact) mass is 275 g/mol. The Balaban J connectivity index is 2.33. The summed E-state index contributed by atoms with van der Waals surface area (Å²) in [7, 11) is 1.73. The van der Waals surface area contributed by atoms with Gasteiger partial charge in [-0.05, 0) is 35.5 Å². The molecule has 0 aliphatic heterocycles. The predicted octanol–water partition coefficient (Wildman–Crippen LogP) is 4.02. The zero-order valence-corrected chi connectivity index (χ0v) is 12.6. The van der Waals surface area contributed by atoms with Gasteiger partial charge in [-0.15, -0.1) is 11.3 Å². The van der Waals surface area contributed by atoms with Crippen LogP contribution >= 0.6 is 11.3 Å². The molecule has 1 N–H and O–H groups in total. The van der Waals surface area contributed by atoms with Crippen molar-refractivity contribution in [3.63, 3.8) is 0 Å². The number of hydrogen-bond acceptors (Lipinski definition) is 3. The molecule has 0 aliphatic rings. The fourth-order valence-corrected chi connectivity index (χ4v) is 3.16. The van der Waals surface area contributed by atoms with Gasteiger partial charge in [-0.1, -0.05) is 38.1 Å². The average Bonchev–Trinajstić information content (AvgIpc) is 2.93. The van der Waals surface area contributed by atoms with Gasteiger partial charge in [0, 0.05) is 0 Å². The highest BCUT2D eigenvalue weighted by molar-refractivity contribution is 7.10. The van der Waals surface area contributed by atoms with Gasteiger partial charge in [0.15, 0.2) is 0 Å². The van der Waals surface area contributed by atoms with E-state index in [9.17, 15) is 0 Å². The Morgan fingerprint density at radius 1 is 1.16 bits per heavy atom. The molecule has 1 atom stereocenters. The van der Waals surface area contributed by atoms with Crippen LogP contribution in [-0.4, -0.2) is 13.7 Å². The summed E-state index contributed by atoms with van der Waals surface area (Å²) < 4.78 is 5.45. The van der Waals surface area contributed by atoms with E-state index < -0.39 is 0 Å². The van der Waals surface area contributed by atoms with Crippen molar-refractivity contribution in [3.8, 4) is 5.75 Å². The maximum atomic E-state index is 5.45. The van der Waals surface area contributed by atoms with Crippen LogP contribution in [0, 0.1) is 0 Å². The van der Waals surface area contributed by atoms with E-state index in [1.165, 1.54) is 16.0 Å². The van der Waals surface area contributed by atoms with E-state index in [-0.39, 0.29) is 6.04 Å². The topological polar surface area (TPSA) is 21.3 Å². The summed E-state index contributed by atoms with van der Waals surface area (Å²) in [6.45, 7) is 5.24. The molecular weight excluding hydrogens is 254 g/mol. The van der Waals surface area contributed by atoms with Crippen molar-refractivity contribution in [2.75, 3.05) is 13.7 Å². The fraction of sp³-hybridized carbons (Fsp3) is 0.375. The molecule has 2 rings (SSSR count). The molecule has 0 fully saturated rings. The second-order valence-electron chi connectivity index (χ2n) is 4.44. The molecular formula is C16H21NOS. The lowest BCUT2D eigenvalue weighted by molar-refractivity contribution is 0.408. The highest BCUT2D eigenvalue weighted by Crippen LogP contribution is 2.34. The molecule has 19 heavy (non-hydrogen) atoms. The van der Waals surface area contributed by atoms with Crippen LogP contribution in [0.15, 0.2) is 35.7 Å². The van der Waals surface area contributed by atoms with E-state index in [0.29, 0.717) is 0 Å². The van der Waals surface area contributed by atoms with Gasteiger partial charge >= 0.3 is 0 Å². The molecule has 0 radical (unpaired) electrons. The summed E-state index contributed by atoms with van der Waals surface area (Å²) in [5.74, 6) is 0.968. The first-order chi connectivity index (χ1) is 9.30. The molecule has 1 aromatic heterocycles. The third-order valence-electron chi connectivity index (χ3n) is 3.27. The Labute approximate surface area is 119 Å². The third-order valence-corrected chi connectivity index (χ3v) is 4.23. The fourth-order valence-electron chi connectivity index (χ4n) is 2.20. The van der Waals surface area contributed by atoms with E-state index in [1.807, 2.05) is 6.07 Å². The van der Waals surface area contributed by atoms with Crippen LogP contribution < -0.4 is 10.1 Å². The first-order valence-corrected chi connectivity index (χ1v) is 7.61. The number of benzene rings is 1. The lowest BCUT2D eigenvalue weighted by atomic mass is 10.0. The Morgan fingerprint density at radius 2 is 1.89 bits per heavy atom. The van der Waals surface area contributed by atoms with Crippen LogP contribution in [0.25, 0.3) is 0 Å². The van der Waals surface area contributed by atoms with E-state index in [4.69, 9.17) is 4.74 Å². The molecule has 0 aliphatic carbocycles. The summed E-state index contributed by atoms with van der Waals surface area (Å²) in [5, 5.41) is 5.63. The zero-order valence-electron chi connectivity index (χ0n) is 11.8. The minimum atomic E-state index is 0.214. The van der Waals surface area contributed by atoms with Gasteiger partial charge in [0.05, 0.1) is 18.0 Å². The second-order valence-corrected chi connectivity index (χ2v) is 5.39. The molecule has 0 spiro atoms. The molecule has 2 aromatic rings. The molecule has 2 nitrogen and oxygen atoms in total. The van der Waals surface area contributed by atoms with Gasteiger partial charge in [0.1, 0.15) is 5.75 Å². The number of ether oxygens (including phenoxy) is 1. The van der Waals surface area contributed by atoms with Crippen LogP contribution in [0.1, 0.15) is 35.9 Å². The van der Waals surface area contributed by atoms with Crippen molar-refractivity contribution in [1.82, 2.24) is 5.32 Å². The molecule has 0 saturated heterocycles. The van der Waals surface area contributed by atoms with Crippen LogP contribution in [0.5, 0.6) is 5.75 Å². The van der Waals surface area contributed by atoms with Crippen LogP contribution in [-0.2, 0) is 6.42 Å². The standard InChI is InChI=1S/C16H21NOS/c1-4-12-6-8-13(9-7-12)15(17-5-2)16-14(18-3)10-11-19-16/h6-11,15,17H,4-5H2,1-3H3. The van der Waals surface area contributed by atoms with Crippen molar-refractivity contribution in [2.45, 2.75) is 26.3 Å². The molecule has 3 heteroatoms. The lowest BCUT2D eigenvalue weighted by Crippen LogP contribution is -2.21. The van der Waals surface area contributed by atoms with Crippen molar-refractivity contribution >= 4 is 11.3 Å².